The smallest absolute Gasteiger partial charge is 0.0375 e. The van der Waals surface area contributed by atoms with Crippen LogP contribution in [-0.4, -0.2) is 54.6 Å². The summed E-state index contributed by atoms with van der Waals surface area (Å²) >= 11 is 0. The fraction of sp³-hybridized carbons (Fsp3) is 0.833. The first-order chi connectivity index (χ1) is 7.31. The summed E-state index contributed by atoms with van der Waals surface area (Å²) in [6.07, 6.45) is 8.25. The SMILES string of the molecule is C#CCCCC(N)C1CN2CCN1CC2. The number of terminal acetylenes is 1. The van der Waals surface area contributed by atoms with E-state index >= 15 is 0 Å². The van der Waals surface area contributed by atoms with Gasteiger partial charge in [-0.2, -0.15) is 0 Å². The lowest BCUT2D eigenvalue weighted by Gasteiger charge is -2.49. The highest BCUT2D eigenvalue weighted by atomic mass is 15.3. The molecule has 0 spiro atoms. The van der Waals surface area contributed by atoms with E-state index in [2.05, 4.69) is 15.7 Å². The minimum absolute atomic E-state index is 0.307. The molecule has 0 aromatic carbocycles. The van der Waals surface area contributed by atoms with Crippen molar-refractivity contribution < 1.29 is 0 Å². The molecule has 3 heterocycles. The molecule has 0 aliphatic carbocycles. The number of nitrogens with zero attached hydrogens (tertiary/aromatic N) is 2. The molecule has 0 amide bonds. The maximum absolute atomic E-state index is 6.24. The Kier molecular flexibility index (Phi) is 3.63. The van der Waals surface area contributed by atoms with Gasteiger partial charge in [-0.05, 0) is 12.8 Å². The first-order valence-electron chi connectivity index (χ1n) is 5.96. The standard InChI is InChI=1S/C12H21N3/c1-2-3-4-5-11(13)12-10-14-6-8-15(12)9-7-14/h1,11-12H,3-10,13H2. The van der Waals surface area contributed by atoms with Crippen molar-refractivity contribution >= 4 is 0 Å². The summed E-state index contributed by atoms with van der Waals surface area (Å²) in [5, 5.41) is 0. The molecule has 2 bridgehead atoms. The summed E-state index contributed by atoms with van der Waals surface area (Å²) in [5.41, 5.74) is 6.24. The minimum Gasteiger partial charge on any atom is -0.326 e. The van der Waals surface area contributed by atoms with Crippen LogP contribution in [0.2, 0.25) is 0 Å². The number of hydrogen-bond acceptors (Lipinski definition) is 3. The van der Waals surface area contributed by atoms with Crippen LogP contribution in [0.25, 0.3) is 0 Å². The molecule has 3 heteroatoms. The number of fused-ring (bicyclic) bond motifs is 3. The highest BCUT2D eigenvalue weighted by molar-refractivity contribution is 4.94. The van der Waals surface area contributed by atoms with Gasteiger partial charge in [0.2, 0.25) is 0 Å². The fourth-order valence-electron chi connectivity index (χ4n) is 2.70. The second-order valence-electron chi connectivity index (χ2n) is 4.66. The maximum Gasteiger partial charge on any atom is 0.0375 e. The van der Waals surface area contributed by atoms with Crippen molar-refractivity contribution in [3.8, 4) is 12.3 Å². The summed E-state index contributed by atoms with van der Waals surface area (Å²) < 4.78 is 0. The zero-order chi connectivity index (χ0) is 10.7. The molecule has 3 fully saturated rings. The average Bonchev–Trinajstić information content (AvgIpc) is 2.30. The Hall–Kier alpha value is -0.560. The van der Waals surface area contributed by atoms with E-state index in [1.165, 1.54) is 26.2 Å². The van der Waals surface area contributed by atoms with Gasteiger partial charge in [-0.15, -0.1) is 12.3 Å². The van der Waals surface area contributed by atoms with Gasteiger partial charge < -0.3 is 5.73 Å². The Bertz CT molecular complexity index is 238. The van der Waals surface area contributed by atoms with Gasteiger partial charge in [0.1, 0.15) is 0 Å². The Labute approximate surface area is 92.6 Å². The quantitative estimate of drug-likeness (QED) is 0.525. The van der Waals surface area contributed by atoms with Gasteiger partial charge in [0.05, 0.1) is 0 Å². The first kappa shape index (κ1) is 10.9. The second-order valence-corrected chi connectivity index (χ2v) is 4.66. The lowest BCUT2D eigenvalue weighted by Crippen LogP contribution is -2.65. The second kappa shape index (κ2) is 4.98. The minimum atomic E-state index is 0.307. The van der Waals surface area contributed by atoms with E-state index in [9.17, 15) is 0 Å². The van der Waals surface area contributed by atoms with Gasteiger partial charge in [-0.3, -0.25) is 9.80 Å². The van der Waals surface area contributed by atoms with Gasteiger partial charge >= 0.3 is 0 Å². The van der Waals surface area contributed by atoms with Crippen molar-refractivity contribution in [3.63, 3.8) is 0 Å². The molecule has 3 saturated heterocycles. The Morgan fingerprint density at radius 2 is 2.07 bits per heavy atom. The van der Waals surface area contributed by atoms with Crippen LogP contribution in [0.4, 0.5) is 0 Å². The molecule has 3 nitrogen and oxygen atoms in total. The highest BCUT2D eigenvalue weighted by Crippen LogP contribution is 2.19. The third-order valence-corrected chi connectivity index (χ3v) is 3.67. The van der Waals surface area contributed by atoms with E-state index in [-0.39, 0.29) is 0 Å². The van der Waals surface area contributed by atoms with Crippen molar-refractivity contribution in [2.75, 3.05) is 32.7 Å². The fourth-order valence-corrected chi connectivity index (χ4v) is 2.70. The molecule has 3 rings (SSSR count). The third-order valence-electron chi connectivity index (χ3n) is 3.67. The van der Waals surface area contributed by atoms with Crippen LogP contribution in [0.15, 0.2) is 0 Å². The van der Waals surface area contributed by atoms with Crippen LogP contribution in [-0.2, 0) is 0 Å². The average molecular weight is 207 g/mol. The molecular formula is C12H21N3. The number of unbranched alkanes of at least 4 members (excludes halogenated alkanes) is 1. The van der Waals surface area contributed by atoms with Crippen LogP contribution in [0.1, 0.15) is 19.3 Å². The van der Waals surface area contributed by atoms with Crippen LogP contribution < -0.4 is 5.73 Å². The molecule has 3 aliphatic rings. The lowest BCUT2D eigenvalue weighted by atomic mass is 9.97. The molecule has 15 heavy (non-hydrogen) atoms. The summed E-state index contributed by atoms with van der Waals surface area (Å²) in [5.74, 6) is 2.68. The van der Waals surface area contributed by atoms with E-state index in [0.29, 0.717) is 12.1 Å². The van der Waals surface area contributed by atoms with Crippen molar-refractivity contribution in [1.82, 2.24) is 9.80 Å². The summed E-state index contributed by atoms with van der Waals surface area (Å²) in [6, 6.07) is 0.881. The van der Waals surface area contributed by atoms with Gasteiger partial charge in [-0.25, -0.2) is 0 Å². The Balaban J connectivity index is 1.80. The molecule has 0 aromatic rings. The highest BCUT2D eigenvalue weighted by Gasteiger charge is 2.34. The molecular weight excluding hydrogens is 186 g/mol. The largest absolute Gasteiger partial charge is 0.326 e. The molecule has 2 unspecified atom stereocenters. The van der Waals surface area contributed by atoms with Crippen molar-refractivity contribution in [1.29, 1.82) is 0 Å². The van der Waals surface area contributed by atoms with Gasteiger partial charge in [0.15, 0.2) is 0 Å². The molecule has 84 valence electrons. The predicted octanol–water partition coefficient (Wildman–Crippen LogP) is 0.117. The zero-order valence-corrected chi connectivity index (χ0v) is 9.36. The van der Waals surface area contributed by atoms with Crippen LogP contribution in [0, 0.1) is 12.3 Å². The number of hydrogen-bond donors (Lipinski definition) is 1. The Morgan fingerprint density at radius 1 is 1.33 bits per heavy atom. The van der Waals surface area contributed by atoms with E-state index < -0.39 is 0 Å². The number of rotatable bonds is 4. The summed E-state index contributed by atoms with van der Waals surface area (Å²) in [7, 11) is 0. The molecule has 0 saturated carbocycles. The number of piperazine rings is 3. The molecule has 2 N–H and O–H groups in total. The topological polar surface area (TPSA) is 32.5 Å². The van der Waals surface area contributed by atoms with E-state index in [1.54, 1.807) is 0 Å². The molecule has 2 atom stereocenters. The third kappa shape index (κ3) is 2.52. The van der Waals surface area contributed by atoms with Crippen molar-refractivity contribution in [2.24, 2.45) is 5.73 Å². The monoisotopic (exact) mass is 207 g/mol. The van der Waals surface area contributed by atoms with E-state index in [4.69, 9.17) is 12.2 Å². The van der Waals surface area contributed by atoms with Crippen molar-refractivity contribution in [2.45, 2.75) is 31.3 Å². The van der Waals surface area contributed by atoms with Gasteiger partial charge in [0, 0.05) is 51.2 Å². The Morgan fingerprint density at radius 3 is 2.60 bits per heavy atom. The van der Waals surface area contributed by atoms with Gasteiger partial charge in [0.25, 0.3) is 0 Å². The zero-order valence-electron chi connectivity index (χ0n) is 9.36. The van der Waals surface area contributed by atoms with E-state index in [0.717, 1.165) is 25.8 Å². The van der Waals surface area contributed by atoms with E-state index in [1.807, 2.05) is 0 Å². The summed E-state index contributed by atoms with van der Waals surface area (Å²) in [4.78, 5) is 5.09. The lowest BCUT2D eigenvalue weighted by molar-refractivity contribution is 0.00124. The number of nitrogens with two attached hydrogens (primary N) is 1. The maximum atomic E-state index is 6.24. The molecule has 0 radical (unpaired) electrons. The van der Waals surface area contributed by atoms with Crippen LogP contribution >= 0.6 is 0 Å². The first-order valence-corrected chi connectivity index (χ1v) is 5.96. The summed E-state index contributed by atoms with van der Waals surface area (Å²) in [6.45, 7) is 6.03. The normalized spacial score (nSPS) is 36.1. The van der Waals surface area contributed by atoms with Crippen LogP contribution in [0.3, 0.4) is 0 Å². The molecule has 0 aromatic heterocycles. The predicted molar refractivity (Wildman–Crippen MR) is 62.5 cm³/mol. The van der Waals surface area contributed by atoms with Crippen LogP contribution in [0.5, 0.6) is 0 Å². The van der Waals surface area contributed by atoms with Crippen molar-refractivity contribution in [3.05, 3.63) is 0 Å². The molecule has 3 aliphatic heterocycles. The van der Waals surface area contributed by atoms with Gasteiger partial charge in [-0.1, -0.05) is 0 Å².